The van der Waals surface area contributed by atoms with E-state index in [1.165, 1.54) is 90.9 Å². The van der Waals surface area contributed by atoms with E-state index in [-0.39, 0.29) is 0 Å². The van der Waals surface area contributed by atoms with E-state index in [1.54, 1.807) is 0 Å². The fourth-order valence-corrected chi connectivity index (χ4v) is 9.65. The zero-order valence-electron chi connectivity index (χ0n) is 26.6. The number of rotatable bonds is 14. The SMILES string of the molecule is CCCCCCc1cc(Br)sc1-c1ccc(-c2sc(Br)cc2CCCCCC)c2nc(-c3ccccc3)c(-c3ccccc3)nc12. The maximum atomic E-state index is 5.59. The van der Waals surface area contributed by atoms with Gasteiger partial charge in [-0.2, -0.15) is 0 Å². The monoisotopic (exact) mass is 770 g/mol. The van der Waals surface area contributed by atoms with Gasteiger partial charge in [-0.3, -0.25) is 0 Å². The predicted octanol–water partition coefficient (Wildman–Crippen LogP) is 14.2. The highest BCUT2D eigenvalue weighted by molar-refractivity contribution is 9.11. The molecule has 0 spiro atoms. The number of unbranched alkanes of at least 4 members (excludes halogenated alkanes) is 6. The van der Waals surface area contributed by atoms with Crippen LogP contribution in [-0.2, 0) is 12.8 Å². The van der Waals surface area contributed by atoms with Crippen molar-refractivity contribution in [1.82, 2.24) is 9.97 Å². The first-order chi connectivity index (χ1) is 22.6. The fraction of sp³-hybridized carbons (Fsp3) is 0.300. The van der Waals surface area contributed by atoms with Gasteiger partial charge in [0.2, 0.25) is 0 Å². The van der Waals surface area contributed by atoms with Crippen molar-refractivity contribution in [3.05, 3.63) is 104 Å². The lowest BCUT2D eigenvalue weighted by Crippen LogP contribution is -1.99. The highest BCUT2D eigenvalue weighted by atomic mass is 79.9. The Morgan fingerprint density at radius 3 is 1.33 bits per heavy atom. The van der Waals surface area contributed by atoms with Gasteiger partial charge in [0, 0.05) is 32.0 Å². The molecule has 0 saturated heterocycles. The number of thiophene rings is 2. The maximum Gasteiger partial charge on any atom is 0.0988 e. The van der Waals surface area contributed by atoms with Crippen LogP contribution in [0.25, 0.3) is 54.4 Å². The van der Waals surface area contributed by atoms with E-state index in [2.05, 4.69) is 131 Å². The number of aromatic nitrogens is 2. The lowest BCUT2D eigenvalue weighted by atomic mass is 9.97. The molecule has 2 nitrogen and oxygen atoms in total. The van der Waals surface area contributed by atoms with Crippen molar-refractivity contribution >= 4 is 65.6 Å². The molecule has 0 aliphatic rings. The minimum absolute atomic E-state index is 0.921. The van der Waals surface area contributed by atoms with Crippen LogP contribution >= 0.6 is 54.5 Å². The molecule has 0 amide bonds. The fourth-order valence-electron chi connectivity index (χ4n) is 6.20. The molecule has 0 bridgehead atoms. The summed E-state index contributed by atoms with van der Waals surface area (Å²) in [5.41, 5.74) is 11.1. The summed E-state index contributed by atoms with van der Waals surface area (Å²) in [6.07, 6.45) is 12.1. The molecule has 0 N–H and O–H groups in total. The summed E-state index contributed by atoms with van der Waals surface area (Å²) in [7, 11) is 0. The number of aryl methyl sites for hydroxylation is 2. The van der Waals surface area contributed by atoms with Gasteiger partial charge in [-0.05, 0) is 80.8 Å². The van der Waals surface area contributed by atoms with Gasteiger partial charge in [0.15, 0.2) is 0 Å². The number of benzene rings is 3. The summed E-state index contributed by atoms with van der Waals surface area (Å²) < 4.78 is 2.33. The van der Waals surface area contributed by atoms with Gasteiger partial charge >= 0.3 is 0 Å². The molecule has 0 aliphatic carbocycles. The van der Waals surface area contributed by atoms with Crippen LogP contribution in [0.5, 0.6) is 0 Å². The molecule has 0 atom stereocenters. The number of halogens is 2. The molecule has 6 rings (SSSR count). The summed E-state index contributed by atoms with van der Waals surface area (Å²) in [5, 5.41) is 0. The van der Waals surface area contributed by atoms with Gasteiger partial charge in [0.05, 0.1) is 30.0 Å². The Balaban J connectivity index is 1.60. The van der Waals surface area contributed by atoms with Gasteiger partial charge < -0.3 is 0 Å². The molecule has 0 fully saturated rings. The van der Waals surface area contributed by atoms with Crippen molar-refractivity contribution in [3.8, 4) is 43.4 Å². The Morgan fingerprint density at radius 1 is 0.522 bits per heavy atom. The first kappa shape index (κ1) is 33.3. The Kier molecular flexibility index (Phi) is 11.6. The van der Waals surface area contributed by atoms with Crippen LogP contribution in [0.15, 0.2) is 92.5 Å². The smallest absolute Gasteiger partial charge is 0.0988 e. The second kappa shape index (κ2) is 16.0. The molecule has 6 heteroatoms. The zero-order valence-corrected chi connectivity index (χ0v) is 31.4. The molecule has 0 radical (unpaired) electrons. The van der Waals surface area contributed by atoms with Crippen LogP contribution in [0, 0.1) is 0 Å². The average Bonchev–Trinajstić information content (AvgIpc) is 3.65. The second-order valence-corrected chi connectivity index (χ2v) is 16.8. The Hall–Kier alpha value is -2.64. The van der Waals surface area contributed by atoms with E-state index >= 15 is 0 Å². The van der Waals surface area contributed by atoms with E-state index in [0.717, 1.165) is 46.4 Å². The zero-order chi connectivity index (χ0) is 31.9. The molecular weight excluding hydrogens is 732 g/mol. The van der Waals surface area contributed by atoms with Gasteiger partial charge in [0.1, 0.15) is 0 Å². The van der Waals surface area contributed by atoms with Crippen molar-refractivity contribution in [2.24, 2.45) is 0 Å². The van der Waals surface area contributed by atoms with Crippen LogP contribution in [0.1, 0.15) is 76.3 Å². The Morgan fingerprint density at radius 2 is 0.935 bits per heavy atom. The summed E-state index contributed by atoms with van der Waals surface area (Å²) in [6.45, 7) is 4.55. The molecule has 0 unspecified atom stereocenters. The topological polar surface area (TPSA) is 25.8 Å². The van der Waals surface area contributed by atoms with Crippen molar-refractivity contribution in [2.45, 2.75) is 78.1 Å². The molecule has 3 aromatic heterocycles. The Bertz CT molecular complexity index is 1760. The highest BCUT2D eigenvalue weighted by Gasteiger charge is 2.23. The second-order valence-electron chi connectivity index (χ2n) is 11.9. The Labute approximate surface area is 298 Å². The largest absolute Gasteiger partial charge is 0.243 e. The summed E-state index contributed by atoms with van der Waals surface area (Å²) in [4.78, 5) is 13.8. The summed E-state index contributed by atoms with van der Waals surface area (Å²) >= 11 is 11.3. The lowest BCUT2D eigenvalue weighted by Gasteiger charge is -2.16. The van der Waals surface area contributed by atoms with Crippen molar-refractivity contribution in [1.29, 1.82) is 0 Å². The van der Waals surface area contributed by atoms with E-state index in [0.29, 0.717) is 0 Å². The molecule has 3 heterocycles. The first-order valence-electron chi connectivity index (χ1n) is 16.6. The van der Waals surface area contributed by atoms with Gasteiger partial charge in [-0.15, -0.1) is 22.7 Å². The molecule has 3 aromatic carbocycles. The van der Waals surface area contributed by atoms with Crippen LogP contribution in [-0.4, -0.2) is 9.97 Å². The van der Waals surface area contributed by atoms with Crippen LogP contribution in [0.4, 0.5) is 0 Å². The number of nitrogens with zero attached hydrogens (tertiary/aromatic N) is 2. The first-order valence-corrected chi connectivity index (χ1v) is 19.8. The van der Waals surface area contributed by atoms with E-state index in [1.807, 2.05) is 22.7 Å². The number of hydrogen-bond acceptors (Lipinski definition) is 4. The van der Waals surface area contributed by atoms with Crippen LogP contribution in [0.3, 0.4) is 0 Å². The van der Waals surface area contributed by atoms with Crippen molar-refractivity contribution in [2.75, 3.05) is 0 Å². The van der Waals surface area contributed by atoms with E-state index < -0.39 is 0 Å². The predicted molar refractivity (Wildman–Crippen MR) is 208 cm³/mol. The van der Waals surface area contributed by atoms with E-state index in [4.69, 9.17) is 9.97 Å². The average molecular weight is 773 g/mol. The number of hydrogen-bond donors (Lipinski definition) is 0. The third kappa shape index (κ3) is 7.57. The van der Waals surface area contributed by atoms with E-state index in [9.17, 15) is 0 Å². The van der Waals surface area contributed by atoms with Crippen molar-refractivity contribution in [3.63, 3.8) is 0 Å². The minimum Gasteiger partial charge on any atom is -0.243 e. The minimum atomic E-state index is 0.921. The van der Waals surface area contributed by atoms with Gasteiger partial charge in [0.25, 0.3) is 0 Å². The third-order valence-corrected chi connectivity index (χ3v) is 12.0. The van der Waals surface area contributed by atoms with Crippen molar-refractivity contribution < 1.29 is 0 Å². The number of fused-ring (bicyclic) bond motifs is 1. The normalized spacial score (nSPS) is 11.5. The lowest BCUT2D eigenvalue weighted by molar-refractivity contribution is 0.668. The molecule has 0 aliphatic heterocycles. The standard InChI is InChI=1S/C40H40Br2N2S2/c1-3-5-7-11-21-29-25-33(41)45-39(29)31-23-24-32(40-30(26-34(42)46-40)22-12-8-6-4-2)38-37(31)43-35(27-17-13-9-14-18-27)36(44-38)28-19-15-10-16-20-28/h9-10,13-20,23-26H,3-8,11-12,21-22H2,1-2H3. The molecule has 0 saturated carbocycles. The van der Waals surface area contributed by atoms with Gasteiger partial charge in [-0.25, -0.2) is 9.97 Å². The maximum absolute atomic E-state index is 5.59. The third-order valence-electron chi connectivity index (χ3n) is 8.56. The highest BCUT2D eigenvalue weighted by Crippen LogP contribution is 2.46. The van der Waals surface area contributed by atoms with Crippen LogP contribution in [0.2, 0.25) is 0 Å². The van der Waals surface area contributed by atoms with Gasteiger partial charge in [-0.1, -0.05) is 125 Å². The quantitative estimate of drug-likeness (QED) is 0.103. The molecule has 6 aromatic rings. The van der Waals surface area contributed by atoms with Crippen LogP contribution < -0.4 is 0 Å². The molecule has 46 heavy (non-hydrogen) atoms. The summed E-state index contributed by atoms with van der Waals surface area (Å²) in [6, 6.07) is 30.3. The molecular formula is C40H40Br2N2S2. The summed E-state index contributed by atoms with van der Waals surface area (Å²) in [5.74, 6) is 0. The molecule has 236 valence electrons.